The summed E-state index contributed by atoms with van der Waals surface area (Å²) >= 11 is 0. The number of fused-ring (bicyclic) bond motifs is 4. The zero-order valence-corrected chi connectivity index (χ0v) is 21.9. The molecule has 1 amide bonds. The smallest absolute Gasteiger partial charge is 0.251 e. The van der Waals surface area contributed by atoms with Crippen molar-refractivity contribution in [3.8, 4) is 0 Å². The van der Waals surface area contributed by atoms with Crippen LogP contribution in [0.15, 0.2) is 11.6 Å². The van der Waals surface area contributed by atoms with Crippen LogP contribution in [0.3, 0.4) is 0 Å². The van der Waals surface area contributed by atoms with Gasteiger partial charge in [0.1, 0.15) is 6.10 Å². The maximum atomic E-state index is 12.9. The molecule has 0 radical (unpaired) electrons. The van der Waals surface area contributed by atoms with E-state index in [-0.39, 0.29) is 11.9 Å². The standard InChI is InChI=1S/C29H48N2O2/c1-6-7-8-26(32)27(33)31(5)21-13-15-28(3)20(17-21)9-10-22-24(28)14-16-29-18-30(4)19(2)23(29)11-12-25(22)29/h9,19,21-26,32H,6-8,10-18H2,1-5H3/t19-,21-,22+,23+,24-,25-,26?,28-,29?/m0/s1. The molecular weight excluding hydrogens is 408 g/mol. The third-order valence-electron chi connectivity index (χ3n) is 11.7. The summed E-state index contributed by atoms with van der Waals surface area (Å²) < 4.78 is 0. The molecule has 1 N–H and O–H groups in total. The predicted molar refractivity (Wildman–Crippen MR) is 134 cm³/mol. The molecular formula is C29H48N2O2. The minimum atomic E-state index is -0.829. The third-order valence-corrected chi connectivity index (χ3v) is 11.7. The summed E-state index contributed by atoms with van der Waals surface area (Å²) in [6, 6.07) is 1.01. The molecule has 3 saturated carbocycles. The number of carbonyl (C=O) groups excluding carboxylic acids is 1. The van der Waals surface area contributed by atoms with E-state index in [4.69, 9.17) is 0 Å². The highest BCUT2D eigenvalue weighted by Gasteiger charge is 2.64. The molecule has 1 heterocycles. The molecule has 1 aliphatic heterocycles. The van der Waals surface area contributed by atoms with Crippen LogP contribution in [0.1, 0.15) is 91.4 Å². The lowest BCUT2D eigenvalue weighted by Gasteiger charge is -2.58. The Balaban J connectivity index is 1.31. The van der Waals surface area contributed by atoms with Gasteiger partial charge in [0.05, 0.1) is 0 Å². The van der Waals surface area contributed by atoms with Gasteiger partial charge in [0.25, 0.3) is 5.91 Å². The SMILES string of the molecule is CCCCC(O)C(=O)N(C)[C@H]1CC[C@@]2(C)C(=CC[C@H]3[C@@H]4CC[C@@H]5[C@H](C)N(C)CC54CC[C@@H]32)C1. The Morgan fingerprint density at radius 2 is 1.97 bits per heavy atom. The molecule has 186 valence electrons. The average Bonchev–Trinajstić information content (AvgIpc) is 3.29. The first-order chi connectivity index (χ1) is 15.7. The van der Waals surface area contributed by atoms with E-state index in [1.807, 2.05) is 11.9 Å². The van der Waals surface area contributed by atoms with Crippen LogP contribution >= 0.6 is 0 Å². The molecule has 0 aromatic heterocycles. The summed E-state index contributed by atoms with van der Waals surface area (Å²) in [6.07, 6.45) is 14.6. The van der Waals surface area contributed by atoms with Crippen molar-refractivity contribution in [2.24, 2.45) is 34.5 Å². The number of likely N-dealkylation sites (N-methyl/N-ethyl adjacent to an activating group) is 1. The van der Waals surface area contributed by atoms with Gasteiger partial charge in [-0.3, -0.25) is 4.79 Å². The van der Waals surface area contributed by atoms with E-state index >= 15 is 0 Å². The largest absolute Gasteiger partial charge is 0.383 e. The Labute approximate surface area is 202 Å². The summed E-state index contributed by atoms with van der Waals surface area (Å²) in [6.45, 7) is 8.48. The summed E-state index contributed by atoms with van der Waals surface area (Å²) in [5.41, 5.74) is 2.54. The first-order valence-corrected chi connectivity index (χ1v) is 14.1. The summed E-state index contributed by atoms with van der Waals surface area (Å²) in [5, 5.41) is 10.4. The van der Waals surface area contributed by atoms with E-state index in [0.29, 0.717) is 17.3 Å². The number of unbranched alkanes of at least 4 members (excludes halogenated alkanes) is 1. The molecule has 0 bridgehead atoms. The average molecular weight is 457 g/mol. The molecule has 9 atom stereocenters. The molecule has 2 unspecified atom stereocenters. The fourth-order valence-corrected chi connectivity index (χ4v) is 9.71. The summed E-state index contributed by atoms with van der Waals surface area (Å²) in [7, 11) is 4.29. The van der Waals surface area contributed by atoms with Gasteiger partial charge in [-0.1, -0.05) is 38.3 Å². The van der Waals surface area contributed by atoms with Gasteiger partial charge in [-0.15, -0.1) is 0 Å². The summed E-state index contributed by atoms with van der Waals surface area (Å²) in [5.74, 6) is 3.45. The van der Waals surface area contributed by atoms with Gasteiger partial charge in [-0.05, 0) is 106 Å². The molecule has 4 fully saturated rings. The van der Waals surface area contributed by atoms with Crippen LogP contribution in [0.4, 0.5) is 0 Å². The van der Waals surface area contributed by atoms with Crippen molar-refractivity contribution < 1.29 is 9.90 Å². The van der Waals surface area contributed by atoms with Gasteiger partial charge in [0.15, 0.2) is 0 Å². The van der Waals surface area contributed by atoms with Crippen molar-refractivity contribution in [2.75, 3.05) is 20.6 Å². The van der Waals surface area contributed by atoms with E-state index in [9.17, 15) is 9.90 Å². The lowest BCUT2D eigenvalue weighted by molar-refractivity contribution is -0.142. The Bertz CT molecular complexity index is 794. The van der Waals surface area contributed by atoms with Crippen LogP contribution in [0, 0.1) is 34.5 Å². The van der Waals surface area contributed by atoms with Crippen LogP contribution < -0.4 is 0 Å². The lowest BCUT2D eigenvalue weighted by atomic mass is 9.47. The molecule has 5 aliphatic rings. The van der Waals surface area contributed by atoms with Gasteiger partial charge in [0, 0.05) is 25.7 Å². The summed E-state index contributed by atoms with van der Waals surface area (Å²) in [4.78, 5) is 17.4. The fourth-order valence-electron chi connectivity index (χ4n) is 9.71. The van der Waals surface area contributed by atoms with E-state index in [0.717, 1.165) is 55.4 Å². The lowest BCUT2D eigenvalue weighted by Crippen LogP contribution is -2.53. The Kier molecular flexibility index (Phi) is 6.26. The Morgan fingerprint density at radius 3 is 2.73 bits per heavy atom. The molecule has 4 nitrogen and oxygen atoms in total. The molecule has 0 aromatic carbocycles. The van der Waals surface area contributed by atoms with Crippen molar-refractivity contribution in [1.82, 2.24) is 9.80 Å². The second-order valence-corrected chi connectivity index (χ2v) is 12.9. The molecule has 0 aromatic rings. The quantitative estimate of drug-likeness (QED) is 0.574. The number of nitrogens with zero attached hydrogens (tertiary/aromatic N) is 2. The zero-order chi connectivity index (χ0) is 23.5. The number of aliphatic hydroxyl groups excluding tert-OH is 1. The number of amides is 1. The number of rotatable bonds is 5. The van der Waals surface area contributed by atoms with Gasteiger partial charge >= 0.3 is 0 Å². The van der Waals surface area contributed by atoms with Gasteiger partial charge in [-0.2, -0.15) is 0 Å². The van der Waals surface area contributed by atoms with Crippen molar-refractivity contribution in [2.45, 2.75) is 110 Å². The highest BCUT2D eigenvalue weighted by molar-refractivity contribution is 5.80. The minimum absolute atomic E-state index is 0.0672. The first kappa shape index (κ1) is 23.9. The minimum Gasteiger partial charge on any atom is -0.383 e. The van der Waals surface area contributed by atoms with Crippen LogP contribution in [-0.4, -0.2) is 59.6 Å². The topological polar surface area (TPSA) is 43.8 Å². The van der Waals surface area contributed by atoms with Gasteiger partial charge in [-0.25, -0.2) is 0 Å². The number of likely N-dealkylation sites (tertiary alicyclic amines) is 1. The highest BCUT2D eigenvalue weighted by atomic mass is 16.3. The van der Waals surface area contributed by atoms with Crippen molar-refractivity contribution >= 4 is 5.91 Å². The maximum Gasteiger partial charge on any atom is 0.251 e. The van der Waals surface area contributed by atoms with Crippen LogP contribution in [-0.2, 0) is 4.79 Å². The molecule has 1 saturated heterocycles. The molecule has 4 heteroatoms. The van der Waals surface area contributed by atoms with Crippen molar-refractivity contribution in [1.29, 1.82) is 0 Å². The van der Waals surface area contributed by atoms with Gasteiger partial charge in [0.2, 0.25) is 0 Å². The maximum absolute atomic E-state index is 12.9. The third kappa shape index (κ3) is 3.56. The Hall–Kier alpha value is -0.870. The molecule has 4 aliphatic carbocycles. The molecule has 5 rings (SSSR count). The fraction of sp³-hybridized carbons (Fsp3) is 0.897. The second-order valence-electron chi connectivity index (χ2n) is 12.9. The first-order valence-electron chi connectivity index (χ1n) is 14.1. The number of hydrogen-bond acceptors (Lipinski definition) is 3. The van der Waals surface area contributed by atoms with Crippen molar-refractivity contribution in [3.63, 3.8) is 0 Å². The molecule has 33 heavy (non-hydrogen) atoms. The van der Waals surface area contributed by atoms with Crippen LogP contribution in [0.5, 0.6) is 0 Å². The van der Waals surface area contributed by atoms with E-state index < -0.39 is 6.10 Å². The zero-order valence-electron chi connectivity index (χ0n) is 21.9. The predicted octanol–water partition coefficient (Wildman–Crippen LogP) is 5.26. The van der Waals surface area contributed by atoms with Crippen LogP contribution in [0.25, 0.3) is 0 Å². The number of carbonyl (C=O) groups is 1. The van der Waals surface area contributed by atoms with E-state index in [1.54, 1.807) is 5.57 Å². The van der Waals surface area contributed by atoms with E-state index in [1.165, 1.54) is 45.1 Å². The highest BCUT2D eigenvalue weighted by Crippen LogP contribution is 2.68. The Morgan fingerprint density at radius 1 is 1.21 bits per heavy atom. The number of aliphatic hydroxyl groups is 1. The van der Waals surface area contributed by atoms with Gasteiger partial charge < -0.3 is 14.9 Å². The number of allylic oxidation sites excluding steroid dienone is 1. The monoisotopic (exact) mass is 456 g/mol. The number of hydrogen-bond donors (Lipinski definition) is 1. The van der Waals surface area contributed by atoms with Crippen molar-refractivity contribution in [3.05, 3.63) is 11.6 Å². The second kappa shape index (κ2) is 8.66. The van der Waals surface area contributed by atoms with Crippen LogP contribution in [0.2, 0.25) is 0 Å². The molecule has 1 spiro atoms. The van der Waals surface area contributed by atoms with E-state index in [2.05, 4.69) is 38.8 Å². The normalized spacial score (nSPS) is 45.5.